The molecule has 3 aromatic carbocycles. The SMILES string of the molecule is CCc1c2c(nn1C)COCCCCn1c(C(=O)O)c(CCCOc3cccc4ccccc34)c3ccc(C)c-2c31. The van der Waals surface area contributed by atoms with Crippen LogP contribution >= 0.6 is 0 Å². The summed E-state index contributed by atoms with van der Waals surface area (Å²) in [6, 6.07) is 18.5. The number of aromatic nitrogens is 3. The Morgan fingerprint density at radius 2 is 1.88 bits per heavy atom. The largest absolute Gasteiger partial charge is 0.493 e. The number of rotatable bonds is 7. The van der Waals surface area contributed by atoms with E-state index >= 15 is 0 Å². The van der Waals surface area contributed by atoms with Gasteiger partial charge in [0.25, 0.3) is 0 Å². The van der Waals surface area contributed by atoms with Gasteiger partial charge >= 0.3 is 5.97 Å². The first kappa shape index (κ1) is 27.1. The lowest BCUT2D eigenvalue weighted by Gasteiger charge is -2.15. The molecule has 5 aromatic rings. The number of ether oxygens (including phenoxy) is 2. The maximum Gasteiger partial charge on any atom is 0.352 e. The van der Waals surface area contributed by atoms with E-state index in [1.54, 1.807) is 0 Å². The van der Waals surface area contributed by atoms with Gasteiger partial charge in [-0.1, -0.05) is 55.5 Å². The molecule has 0 spiro atoms. The second-order valence-electron chi connectivity index (χ2n) is 10.9. The molecule has 0 unspecified atom stereocenters. The van der Waals surface area contributed by atoms with E-state index in [-0.39, 0.29) is 0 Å². The maximum atomic E-state index is 12.9. The number of carbonyl (C=O) groups is 1. The van der Waals surface area contributed by atoms with Crippen molar-refractivity contribution in [2.45, 2.75) is 59.1 Å². The summed E-state index contributed by atoms with van der Waals surface area (Å²) in [4.78, 5) is 12.9. The van der Waals surface area contributed by atoms with E-state index in [1.165, 1.54) is 0 Å². The highest BCUT2D eigenvalue weighted by molar-refractivity contribution is 6.05. The average molecular weight is 552 g/mol. The number of nitrogens with zero attached hydrogens (tertiary/aromatic N) is 3. The lowest BCUT2D eigenvalue weighted by atomic mass is 9.93. The van der Waals surface area contributed by atoms with Gasteiger partial charge in [-0.15, -0.1) is 0 Å². The van der Waals surface area contributed by atoms with Crippen molar-refractivity contribution in [3.05, 3.63) is 82.8 Å². The third kappa shape index (κ3) is 4.88. The molecular formula is C34H37N3O4. The molecule has 0 saturated heterocycles. The first-order chi connectivity index (χ1) is 20.0. The summed E-state index contributed by atoms with van der Waals surface area (Å²) in [5, 5.41) is 18.7. The summed E-state index contributed by atoms with van der Waals surface area (Å²) in [5.41, 5.74) is 7.59. The fraction of sp³-hybridized carbons (Fsp3) is 0.353. The van der Waals surface area contributed by atoms with Crippen molar-refractivity contribution in [2.24, 2.45) is 7.05 Å². The quantitative estimate of drug-likeness (QED) is 0.219. The Balaban J connectivity index is 1.44. The van der Waals surface area contributed by atoms with Gasteiger partial charge in [0.15, 0.2) is 0 Å². The number of carboxylic acid groups (broad SMARTS) is 1. The molecule has 0 atom stereocenters. The maximum absolute atomic E-state index is 12.9. The molecule has 1 aliphatic rings. The average Bonchev–Trinajstić information content (AvgIpc) is 3.45. The molecular weight excluding hydrogens is 514 g/mol. The highest BCUT2D eigenvalue weighted by atomic mass is 16.5. The molecule has 0 amide bonds. The Bertz CT molecular complexity index is 1740. The fourth-order valence-electron chi connectivity index (χ4n) is 6.47. The summed E-state index contributed by atoms with van der Waals surface area (Å²) in [5.74, 6) is -0.0298. The second-order valence-corrected chi connectivity index (χ2v) is 10.9. The molecule has 0 saturated carbocycles. The zero-order chi connectivity index (χ0) is 28.5. The normalized spacial score (nSPS) is 13.7. The molecule has 0 radical (unpaired) electrons. The number of hydrogen-bond donors (Lipinski definition) is 1. The number of carboxylic acids is 1. The van der Waals surface area contributed by atoms with Crippen LogP contribution in [-0.2, 0) is 37.8 Å². The molecule has 41 heavy (non-hydrogen) atoms. The fourth-order valence-corrected chi connectivity index (χ4v) is 6.47. The van der Waals surface area contributed by atoms with Gasteiger partial charge in [-0.25, -0.2) is 4.79 Å². The number of benzene rings is 3. The van der Waals surface area contributed by atoms with E-state index < -0.39 is 5.97 Å². The van der Waals surface area contributed by atoms with E-state index in [0.717, 1.165) is 80.3 Å². The molecule has 7 heteroatoms. The Morgan fingerprint density at radius 3 is 2.71 bits per heavy atom. The summed E-state index contributed by atoms with van der Waals surface area (Å²) in [6.45, 7) is 6.45. The topological polar surface area (TPSA) is 78.5 Å². The van der Waals surface area contributed by atoms with Crippen molar-refractivity contribution in [3.63, 3.8) is 0 Å². The van der Waals surface area contributed by atoms with Gasteiger partial charge in [-0.2, -0.15) is 5.10 Å². The predicted octanol–water partition coefficient (Wildman–Crippen LogP) is 7.09. The summed E-state index contributed by atoms with van der Waals surface area (Å²) >= 11 is 0. The highest BCUT2D eigenvalue weighted by Crippen LogP contribution is 2.41. The van der Waals surface area contributed by atoms with Crippen LogP contribution in [0.5, 0.6) is 5.75 Å². The van der Waals surface area contributed by atoms with E-state index in [1.807, 2.05) is 36.0 Å². The van der Waals surface area contributed by atoms with Crippen LogP contribution in [-0.4, -0.2) is 38.6 Å². The monoisotopic (exact) mass is 551 g/mol. The molecule has 7 nitrogen and oxygen atoms in total. The van der Waals surface area contributed by atoms with Crippen LogP contribution in [0.25, 0.3) is 32.8 Å². The standard InChI is InChI=1S/C34H37N3O4/c1-4-28-31-27(35-36(28)3)21-40-19-8-7-18-37-32-26(17-16-22(2)30(31)32)25(33(37)34(38)39)14-10-20-41-29-15-9-12-23-11-5-6-13-24(23)29/h5-6,9,11-13,15-17H,4,7-8,10,14,18-21H2,1-3H3,(H,38,39). The van der Waals surface area contributed by atoms with Gasteiger partial charge in [0, 0.05) is 47.8 Å². The van der Waals surface area contributed by atoms with Crippen molar-refractivity contribution in [1.29, 1.82) is 0 Å². The third-order valence-electron chi connectivity index (χ3n) is 8.30. The van der Waals surface area contributed by atoms with Crippen molar-refractivity contribution < 1.29 is 19.4 Å². The Labute approximate surface area is 240 Å². The minimum Gasteiger partial charge on any atom is -0.493 e. The van der Waals surface area contributed by atoms with Crippen LogP contribution in [0, 0.1) is 6.92 Å². The van der Waals surface area contributed by atoms with Crippen LogP contribution < -0.4 is 4.74 Å². The van der Waals surface area contributed by atoms with Crippen LogP contribution in [0.4, 0.5) is 0 Å². The molecule has 0 fully saturated rings. The first-order valence-electron chi connectivity index (χ1n) is 14.6. The number of aryl methyl sites for hydroxylation is 4. The van der Waals surface area contributed by atoms with Crippen molar-refractivity contribution in [3.8, 4) is 16.9 Å². The van der Waals surface area contributed by atoms with Crippen LogP contribution in [0.1, 0.15) is 59.2 Å². The molecule has 0 aliphatic carbocycles. The predicted molar refractivity (Wildman–Crippen MR) is 162 cm³/mol. The molecule has 3 heterocycles. The smallest absolute Gasteiger partial charge is 0.352 e. The van der Waals surface area contributed by atoms with Crippen molar-refractivity contribution in [1.82, 2.24) is 14.3 Å². The van der Waals surface area contributed by atoms with Gasteiger partial charge in [-0.05, 0) is 61.6 Å². The molecule has 2 aromatic heterocycles. The Kier molecular flexibility index (Phi) is 7.54. The van der Waals surface area contributed by atoms with Crippen molar-refractivity contribution >= 4 is 27.6 Å². The van der Waals surface area contributed by atoms with Gasteiger partial charge in [0.05, 0.1) is 24.4 Å². The summed E-state index contributed by atoms with van der Waals surface area (Å²) in [6.07, 6.45) is 3.84. The van der Waals surface area contributed by atoms with E-state index in [2.05, 4.69) is 48.7 Å². The molecule has 6 rings (SSSR count). The number of fused-ring (bicyclic) bond motifs is 3. The second kappa shape index (κ2) is 11.4. The lowest BCUT2D eigenvalue weighted by Crippen LogP contribution is -2.12. The third-order valence-corrected chi connectivity index (χ3v) is 8.30. The van der Waals surface area contributed by atoms with Gasteiger partial charge in [0.2, 0.25) is 0 Å². The van der Waals surface area contributed by atoms with Gasteiger partial charge < -0.3 is 19.1 Å². The molecule has 1 N–H and O–H groups in total. The Hall–Kier alpha value is -4.10. The lowest BCUT2D eigenvalue weighted by molar-refractivity contribution is 0.0683. The van der Waals surface area contributed by atoms with Gasteiger partial charge in [0.1, 0.15) is 11.4 Å². The first-order valence-corrected chi connectivity index (χ1v) is 14.6. The molecule has 0 bridgehead atoms. The minimum atomic E-state index is -0.886. The number of aromatic carboxylic acids is 1. The number of hydrogen-bond acceptors (Lipinski definition) is 4. The minimum absolute atomic E-state index is 0.390. The Morgan fingerprint density at radius 1 is 1.05 bits per heavy atom. The summed E-state index contributed by atoms with van der Waals surface area (Å²) < 4.78 is 16.3. The highest BCUT2D eigenvalue weighted by Gasteiger charge is 2.28. The van der Waals surface area contributed by atoms with Crippen LogP contribution in [0.2, 0.25) is 0 Å². The van der Waals surface area contributed by atoms with E-state index in [9.17, 15) is 9.90 Å². The van der Waals surface area contributed by atoms with Crippen LogP contribution in [0.3, 0.4) is 0 Å². The van der Waals surface area contributed by atoms with Gasteiger partial charge in [-0.3, -0.25) is 4.68 Å². The van der Waals surface area contributed by atoms with E-state index in [4.69, 9.17) is 14.6 Å². The zero-order valence-corrected chi connectivity index (χ0v) is 24.1. The van der Waals surface area contributed by atoms with E-state index in [0.29, 0.717) is 44.9 Å². The molecule has 1 aliphatic heterocycles. The van der Waals surface area contributed by atoms with Crippen molar-refractivity contribution in [2.75, 3.05) is 13.2 Å². The summed E-state index contributed by atoms with van der Waals surface area (Å²) in [7, 11) is 1.98. The van der Waals surface area contributed by atoms with Crippen LogP contribution in [0.15, 0.2) is 54.6 Å². The zero-order valence-electron chi connectivity index (χ0n) is 24.1. The molecule has 212 valence electrons.